The normalized spacial score (nSPS) is 20.6. The van der Waals surface area contributed by atoms with Crippen LogP contribution in [0.25, 0.3) is 0 Å². The molecule has 1 unspecified atom stereocenters. The molecule has 0 saturated carbocycles. The third-order valence-corrected chi connectivity index (χ3v) is 4.02. The smallest absolute Gasteiger partial charge is 0.0746 e. The fourth-order valence-electron chi connectivity index (χ4n) is 2.29. The molecule has 0 N–H and O–H groups in total. The fraction of sp³-hybridized carbons (Fsp3) is 0.538. The Kier molecular flexibility index (Phi) is 4.71. The predicted octanol–water partition coefficient (Wildman–Crippen LogP) is 3.80. The highest BCUT2D eigenvalue weighted by Crippen LogP contribution is 2.29. The van der Waals surface area contributed by atoms with Crippen molar-refractivity contribution in [3.05, 3.63) is 28.2 Å². The van der Waals surface area contributed by atoms with E-state index in [0.717, 1.165) is 24.0 Å². The van der Waals surface area contributed by atoms with Crippen molar-refractivity contribution < 1.29 is 4.74 Å². The number of rotatable bonds is 3. The largest absolute Gasteiger partial charge is 0.380 e. The molecule has 1 aliphatic heterocycles. The lowest BCUT2D eigenvalue weighted by atomic mass is 10.1. The summed E-state index contributed by atoms with van der Waals surface area (Å²) in [5, 5.41) is 0. The predicted molar refractivity (Wildman–Crippen MR) is 75.9 cm³/mol. The van der Waals surface area contributed by atoms with Gasteiger partial charge in [-0.2, -0.15) is 0 Å². The molecule has 1 aromatic rings. The van der Waals surface area contributed by atoms with E-state index in [-0.39, 0.29) is 0 Å². The molecule has 1 aromatic carbocycles. The van der Waals surface area contributed by atoms with Crippen LogP contribution >= 0.6 is 27.5 Å². The summed E-state index contributed by atoms with van der Waals surface area (Å²) >= 11 is 9.52. The highest BCUT2D eigenvalue weighted by molar-refractivity contribution is 9.10. The molecule has 0 aliphatic carbocycles. The molecule has 0 bridgehead atoms. The molecule has 1 saturated heterocycles. The number of halogens is 2. The van der Waals surface area contributed by atoms with E-state index in [1.807, 2.05) is 6.07 Å². The van der Waals surface area contributed by atoms with Crippen molar-refractivity contribution in [2.24, 2.45) is 0 Å². The number of hydrogen-bond acceptors (Lipinski definition) is 2. The average Bonchev–Trinajstić information content (AvgIpc) is 2.39. The Morgan fingerprint density at radius 1 is 1.53 bits per heavy atom. The molecular weight excluding hydrogens is 302 g/mol. The van der Waals surface area contributed by atoms with E-state index in [0.29, 0.717) is 12.0 Å². The first-order valence-corrected chi connectivity index (χ1v) is 7.19. The Labute approximate surface area is 116 Å². The van der Waals surface area contributed by atoms with Gasteiger partial charge in [0.25, 0.3) is 0 Å². The van der Waals surface area contributed by atoms with E-state index in [1.54, 1.807) is 7.11 Å². The maximum Gasteiger partial charge on any atom is 0.0746 e. The minimum absolute atomic E-state index is 0.339. The Morgan fingerprint density at radius 2 is 2.35 bits per heavy atom. The van der Waals surface area contributed by atoms with Crippen molar-refractivity contribution in [2.45, 2.75) is 24.8 Å². The van der Waals surface area contributed by atoms with Gasteiger partial charge in [-0.3, -0.25) is 0 Å². The van der Waals surface area contributed by atoms with E-state index in [9.17, 15) is 0 Å². The summed E-state index contributed by atoms with van der Waals surface area (Å²) in [6.07, 6.45) is 2.66. The zero-order valence-corrected chi connectivity index (χ0v) is 12.3. The molecule has 2 rings (SSSR count). The molecule has 1 atom stereocenters. The zero-order valence-electron chi connectivity index (χ0n) is 9.96. The molecule has 4 heteroatoms. The summed E-state index contributed by atoms with van der Waals surface area (Å²) in [6, 6.07) is 6.28. The lowest BCUT2D eigenvalue weighted by Crippen LogP contribution is -2.39. The van der Waals surface area contributed by atoms with Crippen molar-refractivity contribution >= 4 is 33.2 Å². The van der Waals surface area contributed by atoms with Gasteiger partial charge < -0.3 is 9.64 Å². The number of ether oxygens (including phenoxy) is 1. The van der Waals surface area contributed by atoms with Gasteiger partial charge in [-0.1, -0.05) is 22.0 Å². The maximum atomic E-state index is 6.00. The number of alkyl halides is 1. The number of nitrogens with zero attached hydrogens (tertiary/aromatic N) is 1. The molecule has 0 aromatic heterocycles. The van der Waals surface area contributed by atoms with E-state index in [1.165, 1.54) is 17.7 Å². The van der Waals surface area contributed by atoms with Crippen LogP contribution in [0.3, 0.4) is 0 Å². The molecule has 17 heavy (non-hydrogen) atoms. The first-order valence-electron chi connectivity index (χ1n) is 5.86. The summed E-state index contributed by atoms with van der Waals surface area (Å²) in [5.41, 5.74) is 2.42. The molecule has 0 radical (unpaired) electrons. The molecule has 1 heterocycles. The van der Waals surface area contributed by atoms with Crippen molar-refractivity contribution in [3.8, 4) is 0 Å². The fourth-order valence-corrected chi connectivity index (χ4v) is 2.87. The van der Waals surface area contributed by atoms with E-state index in [2.05, 4.69) is 33.0 Å². The molecule has 94 valence electrons. The number of anilines is 1. The van der Waals surface area contributed by atoms with Crippen LogP contribution in [0.2, 0.25) is 0 Å². The van der Waals surface area contributed by atoms with Crippen LogP contribution in [0.1, 0.15) is 18.4 Å². The second kappa shape index (κ2) is 6.07. The summed E-state index contributed by atoms with van der Waals surface area (Å²) in [4.78, 5) is 2.38. The Hall–Kier alpha value is -0.250. The highest BCUT2D eigenvalue weighted by atomic mass is 79.9. The standard InChI is InChI=1S/C13H17BrClNO/c1-17-12-3-2-6-16(9-12)13-7-11(14)5-4-10(13)8-15/h4-5,7,12H,2-3,6,8-9H2,1H3. The first-order chi connectivity index (χ1) is 8.24. The van der Waals surface area contributed by atoms with Crippen LogP contribution < -0.4 is 4.90 Å². The van der Waals surface area contributed by atoms with Gasteiger partial charge in [0, 0.05) is 36.2 Å². The lowest BCUT2D eigenvalue weighted by molar-refractivity contribution is 0.0893. The van der Waals surface area contributed by atoms with Crippen LogP contribution in [-0.2, 0) is 10.6 Å². The monoisotopic (exact) mass is 317 g/mol. The van der Waals surface area contributed by atoms with Gasteiger partial charge in [-0.25, -0.2) is 0 Å². The summed E-state index contributed by atoms with van der Waals surface area (Å²) < 4.78 is 6.56. The summed E-state index contributed by atoms with van der Waals surface area (Å²) in [5.74, 6) is 0.552. The van der Waals surface area contributed by atoms with Crippen LogP contribution in [-0.4, -0.2) is 26.3 Å². The van der Waals surface area contributed by atoms with Crippen molar-refractivity contribution in [3.63, 3.8) is 0 Å². The molecular formula is C13H17BrClNO. The van der Waals surface area contributed by atoms with Gasteiger partial charge in [0.1, 0.15) is 0 Å². The average molecular weight is 319 g/mol. The second-order valence-corrected chi connectivity index (χ2v) is 5.54. The van der Waals surface area contributed by atoms with Crippen LogP contribution in [0.5, 0.6) is 0 Å². The SMILES string of the molecule is COC1CCCN(c2cc(Br)ccc2CCl)C1. The van der Waals surface area contributed by atoms with Gasteiger partial charge in [0.15, 0.2) is 0 Å². The maximum absolute atomic E-state index is 6.00. The van der Waals surface area contributed by atoms with Gasteiger partial charge in [0.2, 0.25) is 0 Å². The summed E-state index contributed by atoms with van der Waals surface area (Å²) in [6.45, 7) is 2.04. The quantitative estimate of drug-likeness (QED) is 0.786. The number of piperidine rings is 1. The minimum Gasteiger partial charge on any atom is -0.380 e. The Bertz CT molecular complexity index is 386. The second-order valence-electron chi connectivity index (χ2n) is 4.35. The van der Waals surface area contributed by atoms with Gasteiger partial charge in [0.05, 0.1) is 6.10 Å². The zero-order chi connectivity index (χ0) is 12.3. The van der Waals surface area contributed by atoms with Crippen LogP contribution in [0, 0.1) is 0 Å². The Morgan fingerprint density at radius 3 is 3.06 bits per heavy atom. The molecule has 0 spiro atoms. The van der Waals surface area contributed by atoms with E-state index >= 15 is 0 Å². The molecule has 1 fully saturated rings. The number of benzene rings is 1. The van der Waals surface area contributed by atoms with Crippen molar-refractivity contribution in [2.75, 3.05) is 25.1 Å². The van der Waals surface area contributed by atoms with Gasteiger partial charge >= 0.3 is 0 Å². The molecule has 0 amide bonds. The third-order valence-electron chi connectivity index (χ3n) is 3.24. The number of methoxy groups -OCH3 is 1. The number of hydrogen-bond donors (Lipinski definition) is 0. The topological polar surface area (TPSA) is 12.5 Å². The van der Waals surface area contributed by atoms with Gasteiger partial charge in [-0.15, -0.1) is 11.6 Å². The minimum atomic E-state index is 0.339. The van der Waals surface area contributed by atoms with Gasteiger partial charge in [-0.05, 0) is 30.5 Å². The van der Waals surface area contributed by atoms with Crippen molar-refractivity contribution in [1.82, 2.24) is 0 Å². The van der Waals surface area contributed by atoms with Crippen molar-refractivity contribution in [1.29, 1.82) is 0 Å². The van der Waals surface area contributed by atoms with Crippen LogP contribution in [0.4, 0.5) is 5.69 Å². The van der Waals surface area contributed by atoms with E-state index in [4.69, 9.17) is 16.3 Å². The molecule has 2 nitrogen and oxygen atoms in total. The molecule has 1 aliphatic rings. The van der Waals surface area contributed by atoms with Crippen LogP contribution in [0.15, 0.2) is 22.7 Å². The van der Waals surface area contributed by atoms with E-state index < -0.39 is 0 Å². The first kappa shape index (κ1) is 13.2. The summed E-state index contributed by atoms with van der Waals surface area (Å²) in [7, 11) is 1.79. The Balaban J connectivity index is 2.22. The highest BCUT2D eigenvalue weighted by Gasteiger charge is 2.21. The third kappa shape index (κ3) is 3.15. The lowest BCUT2D eigenvalue weighted by Gasteiger charge is -2.34.